The second-order valence-electron chi connectivity index (χ2n) is 4.77. The van der Waals surface area contributed by atoms with Gasteiger partial charge in [0.15, 0.2) is 0 Å². The summed E-state index contributed by atoms with van der Waals surface area (Å²) >= 11 is 3.49. The molecular weight excluding hydrogens is 308 g/mol. The van der Waals surface area contributed by atoms with E-state index >= 15 is 0 Å². The summed E-state index contributed by atoms with van der Waals surface area (Å²) in [6.07, 6.45) is 1.72. The maximum Gasteiger partial charge on any atom is 0.131 e. The van der Waals surface area contributed by atoms with Crippen molar-refractivity contribution < 1.29 is 5.11 Å². The molecule has 0 bridgehead atoms. The fourth-order valence-electron chi connectivity index (χ4n) is 1.86. The van der Waals surface area contributed by atoms with E-state index in [1.54, 1.807) is 10.9 Å². The molecule has 0 amide bonds. The highest BCUT2D eigenvalue weighted by atomic mass is 79.9. The lowest BCUT2D eigenvalue weighted by atomic mass is 10.2. The summed E-state index contributed by atoms with van der Waals surface area (Å²) < 4.78 is 2.72. The van der Waals surface area contributed by atoms with E-state index in [0.717, 1.165) is 27.4 Å². The summed E-state index contributed by atoms with van der Waals surface area (Å²) in [7, 11) is 0. The Kier molecular flexibility index (Phi) is 4.01. The van der Waals surface area contributed by atoms with Gasteiger partial charge in [0, 0.05) is 5.92 Å². The van der Waals surface area contributed by atoms with Gasteiger partial charge >= 0.3 is 0 Å². The zero-order chi connectivity index (χ0) is 14.2. The number of aromatic nitrogens is 4. The standard InChI is InChI=1S/C13H17BrN4O/c1-7(2)13-15-5-11(10(6-19)16-13)18-9(4)12(14)8(3)17-18/h5,7,19H,6H2,1-4H3. The summed E-state index contributed by atoms with van der Waals surface area (Å²) in [4.78, 5) is 8.75. The van der Waals surface area contributed by atoms with E-state index < -0.39 is 0 Å². The molecule has 5 nitrogen and oxygen atoms in total. The maximum atomic E-state index is 9.51. The Morgan fingerprint density at radius 1 is 1.37 bits per heavy atom. The quantitative estimate of drug-likeness (QED) is 0.942. The van der Waals surface area contributed by atoms with Crippen molar-refractivity contribution in [3.63, 3.8) is 0 Å². The Morgan fingerprint density at radius 2 is 2.05 bits per heavy atom. The predicted octanol–water partition coefficient (Wildman–Crippen LogP) is 2.66. The molecule has 0 atom stereocenters. The summed E-state index contributed by atoms with van der Waals surface area (Å²) in [6.45, 7) is 7.80. The lowest BCUT2D eigenvalue weighted by Gasteiger charge is -2.11. The molecule has 0 aromatic carbocycles. The number of aliphatic hydroxyl groups excluding tert-OH is 1. The van der Waals surface area contributed by atoms with Crippen LogP contribution in [0, 0.1) is 13.8 Å². The third kappa shape index (κ3) is 2.55. The molecule has 0 aliphatic carbocycles. The predicted molar refractivity (Wildman–Crippen MR) is 76.3 cm³/mol. The van der Waals surface area contributed by atoms with Crippen molar-refractivity contribution in [1.82, 2.24) is 19.7 Å². The normalized spacial score (nSPS) is 11.3. The molecule has 2 heterocycles. The number of nitrogens with zero attached hydrogens (tertiary/aromatic N) is 4. The molecule has 0 fully saturated rings. The van der Waals surface area contributed by atoms with Crippen LogP contribution in [-0.4, -0.2) is 24.9 Å². The number of hydrogen-bond acceptors (Lipinski definition) is 4. The van der Waals surface area contributed by atoms with Crippen molar-refractivity contribution in [2.45, 2.75) is 40.2 Å². The molecule has 0 aliphatic heterocycles. The first kappa shape index (κ1) is 14.1. The Hall–Kier alpha value is -1.27. The number of rotatable bonds is 3. The lowest BCUT2D eigenvalue weighted by Crippen LogP contribution is -2.10. The van der Waals surface area contributed by atoms with Crippen LogP contribution < -0.4 is 0 Å². The number of aryl methyl sites for hydroxylation is 1. The fraction of sp³-hybridized carbons (Fsp3) is 0.462. The molecule has 2 aromatic rings. The minimum Gasteiger partial charge on any atom is -0.390 e. The van der Waals surface area contributed by atoms with Gasteiger partial charge in [0.05, 0.1) is 34.4 Å². The van der Waals surface area contributed by atoms with Crippen molar-refractivity contribution in [2.24, 2.45) is 0 Å². The second kappa shape index (κ2) is 5.38. The van der Waals surface area contributed by atoms with Crippen LogP contribution in [0.3, 0.4) is 0 Å². The molecule has 0 saturated carbocycles. The van der Waals surface area contributed by atoms with Crippen LogP contribution in [-0.2, 0) is 6.61 Å². The molecule has 0 saturated heterocycles. The van der Waals surface area contributed by atoms with Crippen LogP contribution in [0.25, 0.3) is 5.69 Å². The van der Waals surface area contributed by atoms with E-state index in [1.165, 1.54) is 0 Å². The third-order valence-electron chi connectivity index (χ3n) is 2.96. The van der Waals surface area contributed by atoms with Crippen LogP contribution in [0.15, 0.2) is 10.7 Å². The van der Waals surface area contributed by atoms with Gasteiger partial charge in [-0.15, -0.1) is 0 Å². The Balaban J connectivity index is 2.58. The molecule has 0 radical (unpaired) electrons. The molecule has 102 valence electrons. The topological polar surface area (TPSA) is 63.8 Å². The average Bonchev–Trinajstić information content (AvgIpc) is 2.65. The largest absolute Gasteiger partial charge is 0.390 e. The van der Waals surface area contributed by atoms with E-state index in [0.29, 0.717) is 5.69 Å². The first-order valence-corrected chi connectivity index (χ1v) is 6.93. The third-order valence-corrected chi connectivity index (χ3v) is 4.11. The van der Waals surface area contributed by atoms with Gasteiger partial charge in [0.25, 0.3) is 0 Å². The average molecular weight is 325 g/mol. The van der Waals surface area contributed by atoms with Crippen molar-refractivity contribution in [3.8, 4) is 5.69 Å². The number of halogens is 1. The molecule has 0 unspecified atom stereocenters. The van der Waals surface area contributed by atoms with Crippen molar-refractivity contribution in [3.05, 3.63) is 33.6 Å². The fourth-order valence-corrected chi connectivity index (χ4v) is 2.10. The first-order chi connectivity index (χ1) is 8.95. The second-order valence-corrected chi connectivity index (χ2v) is 5.56. The zero-order valence-corrected chi connectivity index (χ0v) is 13.1. The summed E-state index contributed by atoms with van der Waals surface area (Å²) in [5.41, 5.74) is 3.18. The van der Waals surface area contributed by atoms with Gasteiger partial charge in [-0.05, 0) is 29.8 Å². The van der Waals surface area contributed by atoms with Crippen LogP contribution in [0.1, 0.15) is 42.7 Å². The highest BCUT2D eigenvalue weighted by Gasteiger charge is 2.15. The molecular formula is C13H17BrN4O. The lowest BCUT2D eigenvalue weighted by molar-refractivity contribution is 0.275. The SMILES string of the molecule is Cc1nn(-c2cnc(C(C)C)nc2CO)c(C)c1Br. The van der Waals surface area contributed by atoms with Gasteiger partial charge < -0.3 is 5.11 Å². The van der Waals surface area contributed by atoms with Crippen LogP contribution in [0.2, 0.25) is 0 Å². The minimum atomic E-state index is -0.131. The Labute approximate surface area is 120 Å². The van der Waals surface area contributed by atoms with E-state index in [1.807, 2.05) is 27.7 Å². The monoisotopic (exact) mass is 324 g/mol. The highest BCUT2D eigenvalue weighted by Crippen LogP contribution is 2.24. The van der Waals surface area contributed by atoms with Crippen molar-refractivity contribution >= 4 is 15.9 Å². The Morgan fingerprint density at radius 3 is 2.53 bits per heavy atom. The molecule has 6 heteroatoms. The summed E-state index contributed by atoms with van der Waals surface area (Å²) in [5.74, 6) is 0.958. The smallest absolute Gasteiger partial charge is 0.131 e. The van der Waals surface area contributed by atoms with Gasteiger partial charge in [-0.1, -0.05) is 13.8 Å². The van der Waals surface area contributed by atoms with Gasteiger partial charge in [0.2, 0.25) is 0 Å². The highest BCUT2D eigenvalue weighted by molar-refractivity contribution is 9.10. The molecule has 2 rings (SSSR count). The molecule has 1 N–H and O–H groups in total. The zero-order valence-electron chi connectivity index (χ0n) is 11.5. The molecule has 0 aliphatic rings. The maximum absolute atomic E-state index is 9.51. The molecule has 19 heavy (non-hydrogen) atoms. The molecule has 2 aromatic heterocycles. The van der Waals surface area contributed by atoms with E-state index in [4.69, 9.17) is 0 Å². The van der Waals surface area contributed by atoms with Crippen LogP contribution in [0.5, 0.6) is 0 Å². The summed E-state index contributed by atoms with van der Waals surface area (Å²) in [6, 6.07) is 0. The van der Waals surface area contributed by atoms with E-state index in [-0.39, 0.29) is 12.5 Å². The first-order valence-electron chi connectivity index (χ1n) is 6.14. The van der Waals surface area contributed by atoms with Gasteiger partial charge in [0.1, 0.15) is 11.5 Å². The van der Waals surface area contributed by atoms with E-state index in [9.17, 15) is 5.11 Å². The van der Waals surface area contributed by atoms with Gasteiger partial charge in [-0.25, -0.2) is 14.6 Å². The van der Waals surface area contributed by atoms with Gasteiger partial charge in [-0.3, -0.25) is 0 Å². The number of hydrogen-bond donors (Lipinski definition) is 1. The Bertz CT molecular complexity index is 607. The van der Waals surface area contributed by atoms with E-state index in [2.05, 4.69) is 31.0 Å². The number of aliphatic hydroxyl groups is 1. The van der Waals surface area contributed by atoms with Crippen molar-refractivity contribution in [2.75, 3.05) is 0 Å². The van der Waals surface area contributed by atoms with Gasteiger partial charge in [-0.2, -0.15) is 5.10 Å². The van der Waals surface area contributed by atoms with Crippen molar-refractivity contribution in [1.29, 1.82) is 0 Å². The minimum absolute atomic E-state index is 0.131. The molecule has 0 spiro atoms. The summed E-state index contributed by atoms with van der Waals surface area (Å²) in [5, 5.41) is 14.0. The van der Waals surface area contributed by atoms with Crippen LogP contribution in [0.4, 0.5) is 0 Å². The van der Waals surface area contributed by atoms with Crippen LogP contribution >= 0.6 is 15.9 Å².